The number of carbonyl (C=O) groups is 1. The highest BCUT2D eigenvalue weighted by Crippen LogP contribution is 2.27. The van der Waals surface area contributed by atoms with Crippen LogP contribution in [0.25, 0.3) is 0 Å². The number of amides is 1. The van der Waals surface area contributed by atoms with Crippen LogP contribution in [0.1, 0.15) is 35.7 Å². The van der Waals surface area contributed by atoms with Crippen LogP contribution < -0.4 is 16.0 Å². The van der Waals surface area contributed by atoms with Gasteiger partial charge < -0.3 is 16.0 Å². The summed E-state index contributed by atoms with van der Waals surface area (Å²) in [4.78, 5) is 16.0. The zero-order valence-electron chi connectivity index (χ0n) is 13.2. The van der Waals surface area contributed by atoms with E-state index < -0.39 is 0 Å². The molecule has 0 atom stereocenters. The molecule has 22 heavy (non-hydrogen) atoms. The SMILES string of the molecule is CCNC(=O)c1cccc(CNC(=NC)NCC2CC2)c1.I. The minimum atomic E-state index is -0.0319. The second-order valence-corrected chi connectivity index (χ2v) is 5.31. The van der Waals surface area contributed by atoms with E-state index >= 15 is 0 Å². The molecule has 0 radical (unpaired) electrons. The summed E-state index contributed by atoms with van der Waals surface area (Å²) in [6.45, 7) is 4.19. The molecule has 122 valence electrons. The van der Waals surface area contributed by atoms with Crippen LogP contribution in [-0.4, -0.2) is 32.0 Å². The summed E-state index contributed by atoms with van der Waals surface area (Å²) >= 11 is 0. The largest absolute Gasteiger partial charge is 0.356 e. The Morgan fingerprint density at radius 1 is 1.27 bits per heavy atom. The van der Waals surface area contributed by atoms with E-state index in [-0.39, 0.29) is 29.9 Å². The van der Waals surface area contributed by atoms with Gasteiger partial charge in [0.2, 0.25) is 0 Å². The molecular formula is C16H25IN4O. The zero-order chi connectivity index (χ0) is 15.1. The molecule has 1 fully saturated rings. The predicted molar refractivity (Wildman–Crippen MR) is 101 cm³/mol. The van der Waals surface area contributed by atoms with Crippen LogP contribution >= 0.6 is 24.0 Å². The number of nitrogens with zero attached hydrogens (tertiary/aromatic N) is 1. The molecule has 0 bridgehead atoms. The number of halogens is 1. The molecule has 1 amide bonds. The first-order valence-corrected chi connectivity index (χ1v) is 7.54. The quantitative estimate of drug-likeness (QED) is 0.378. The van der Waals surface area contributed by atoms with Gasteiger partial charge in [-0.25, -0.2) is 0 Å². The number of guanidine groups is 1. The van der Waals surface area contributed by atoms with Crippen LogP contribution in [0, 0.1) is 5.92 Å². The molecule has 0 unspecified atom stereocenters. The zero-order valence-corrected chi connectivity index (χ0v) is 15.5. The second kappa shape index (κ2) is 9.66. The molecular weight excluding hydrogens is 391 g/mol. The highest BCUT2D eigenvalue weighted by atomic mass is 127. The Bertz CT molecular complexity index is 515. The van der Waals surface area contributed by atoms with Gasteiger partial charge in [-0.3, -0.25) is 9.79 Å². The lowest BCUT2D eigenvalue weighted by molar-refractivity contribution is 0.0955. The van der Waals surface area contributed by atoms with Gasteiger partial charge >= 0.3 is 0 Å². The third-order valence-corrected chi connectivity index (χ3v) is 3.47. The maximum absolute atomic E-state index is 11.8. The van der Waals surface area contributed by atoms with Crippen molar-refractivity contribution in [2.24, 2.45) is 10.9 Å². The van der Waals surface area contributed by atoms with E-state index in [0.717, 1.165) is 24.0 Å². The lowest BCUT2D eigenvalue weighted by Gasteiger charge is -2.12. The van der Waals surface area contributed by atoms with Gasteiger partial charge in [0.1, 0.15) is 0 Å². The molecule has 3 N–H and O–H groups in total. The standard InChI is InChI=1S/C16H24N4O.HI/c1-3-18-15(21)14-6-4-5-13(9-14)11-20-16(17-2)19-10-12-7-8-12;/h4-6,9,12H,3,7-8,10-11H2,1-2H3,(H,18,21)(H2,17,19,20);1H. The fraction of sp³-hybridized carbons (Fsp3) is 0.500. The van der Waals surface area contributed by atoms with Crippen LogP contribution in [0.5, 0.6) is 0 Å². The predicted octanol–water partition coefficient (Wildman–Crippen LogP) is 2.13. The maximum Gasteiger partial charge on any atom is 0.251 e. The monoisotopic (exact) mass is 416 g/mol. The highest BCUT2D eigenvalue weighted by Gasteiger charge is 2.20. The molecule has 0 heterocycles. The number of hydrogen-bond donors (Lipinski definition) is 3. The molecule has 1 aromatic rings. The minimum absolute atomic E-state index is 0. The Morgan fingerprint density at radius 3 is 2.68 bits per heavy atom. The van der Waals surface area contributed by atoms with E-state index in [9.17, 15) is 4.79 Å². The fourth-order valence-electron chi connectivity index (χ4n) is 2.05. The van der Waals surface area contributed by atoms with Crippen molar-refractivity contribution in [2.45, 2.75) is 26.3 Å². The molecule has 2 rings (SSSR count). The van der Waals surface area contributed by atoms with E-state index in [2.05, 4.69) is 20.9 Å². The summed E-state index contributed by atoms with van der Waals surface area (Å²) < 4.78 is 0. The summed E-state index contributed by atoms with van der Waals surface area (Å²) in [6.07, 6.45) is 2.64. The Kier molecular flexibility index (Phi) is 8.22. The number of nitrogens with one attached hydrogen (secondary N) is 3. The van der Waals surface area contributed by atoms with Crippen molar-refractivity contribution >= 4 is 35.8 Å². The number of hydrogen-bond acceptors (Lipinski definition) is 2. The number of rotatable bonds is 6. The number of carbonyl (C=O) groups excluding carboxylic acids is 1. The summed E-state index contributed by atoms with van der Waals surface area (Å²) in [7, 11) is 1.77. The lowest BCUT2D eigenvalue weighted by Crippen LogP contribution is -2.37. The summed E-state index contributed by atoms with van der Waals surface area (Å²) in [5, 5.41) is 9.40. The average Bonchev–Trinajstić information content (AvgIpc) is 3.32. The third kappa shape index (κ3) is 6.21. The van der Waals surface area contributed by atoms with Crippen molar-refractivity contribution in [2.75, 3.05) is 20.1 Å². The lowest BCUT2D eigenvalue weighted by atomic mass is 10.1. The molecule has 1 aliphatic carbocycles. The molecule has 6 heteroatoms. The van der Waals surface area contributed by atoms with Gasteiger partial charge in [-0.05, 0) is 43.4 Å². The second-order valence-electron chi connectivity index (χ2n) is 5.31. The van der Waals surface area contributed by atoms with Gasteiger partial charge in [0.15, 0.2) is 5.96 Å². The third-order valence-electron chi connectivity index (χ3n) is 3.47. The van der Waals surface area contributed by atoms with Gasteiger partial charge in [-0.2, -0.15) is 0 Å². The smallest absolute Gasteiger partial charge is 0.251 e. The number of aliphatic imine (C=N–C) groups is 1. The maximum atomic E-state index is 11.8. The Labute approximate surface area is 149 Å². The molecule has 0 aromatic heterocycles. The summed E-state index contributed by atoms with van der Waals surface area (Å²) in [5.74, 6) is 1.59. The van der Waals surface area contributed by atoms with Crippen molar-refractivity contribution in [3.05, 3.63) is 35.4 Å². The Balaban J connectivity index is 0.00000242. The highest BCUT2D eigenvalue weighted by molar-refractivity contribution is 14.0. The van der Waals surface area contributed by atoms with E-state index in [1.807, 2.05) is 31.2 Å². The first-order chi connectivity index (χ1) is 10.2. The van der Waals surface area contributed by atoms with Crippen LogP contribution in [0.2, 0.25) is 0 Å². The van der Waals surface area contributed by atoms with Crippen molar-refractivity contribution < 1.29 is 4.79 Å². The molecule has 1 saturated carbocycles. The van der Waals surface area contributed by atoms with Gasteiger partial charge in [0.25, 0.3) is 5.91 Å². The van der Waals surface area contributed by atoms with E-state index in [1.54, 1.807) is 7.05 Å². The average molecular weight is 416 g/mol. The molecule has 1 aliphatic rings. The van der Waals surface area contributed by atoms with Gasteiger partial charge in [0, 0.05) is 32.2 Å². The first-order valence-electron chi connectivity index (χ1n) is 7.54. The van der Waals surface area contributed by atoms with E-state index in [0.29, 0.717) is 18.7 Å². The first kappa shape index (κ1) is 18.7. The van der Waals surface area contributed by atoms with Crippen LogP contribution in [-0.2, 0) is 6.54 Å². The summed E-state index contributed by atoms with van der Waals surface area (Å²) in [6, 6.07) is 7.65. The fourth-order valence-corrected chi connectivity index (χ4v) is 2.05. The molecule has 1 aromatic carbocycles. The van der Waals surface area contributed by atoms with Gasteiger partial charge in [-0.1, -0.05) is 12.1 Å². The Hall–Kier alpha value is -1.31. The van der Waals surface area contributed by atoms with E-state index in [1.165, 1.54) is 12.8 Å². The van der Waals surface area contributed by atoms with Crippen LogP contribution in [0.15, 0.2) is 29.3 Å². The van der Waals surface area contributed by atoms with Crippen molar-refractivity contribution in [1.82, 2.24) is 16.0 Å². The normalized spacial score (nSPS) is 14.0. The molecule has 0 spiro atoms. The molecule has 5 nitrogen and oxygen atoms in total. The van der Waals surface area contributed by atoms with E-state index in [4.69, 9.17) is 0 Å². The van der Waals surface area contributed by atoms with Crippen LogP contribution in [0.3, 0.4) is 0 Å². The summed E-state index contributed by atoms with van der Waals surface area (Å²) in [5.41, 5.74) is 1.75. The van der Waals surface area contributed by atoms with Crippen molar-refractivity contribution in [3.63, 3.8) is 0 Å². The molecule has 0 aliphatic heterocycles. The van der Waals surface area contributed by atoms with Gasteiger partial charge in [-0.15, -0.1) is 24.0 Å². The topological polar surface area (TPSA) is 65.5 Å². The van der Waals surface area contributed by atoms with Crippen LogP contribution in [0.4, 0.5) is 0 Å². The Morgan fingerprint density at radius 2 is 2.05 bits per heavy atom. The molecule has 0 saturated heterocycles. The van der Waals surface area contributed by atoms with Crippen molar-refractivity contribution in [1.29, 1.82) is 0 Å². The van der Waals surface area contributed by atoms with Gasteiger partial charge in [0.05, 0.1) is 0 Å². The number of benzene rings is 1. The van der Waals surface area contributed by atoms with Crippen molar-refractivity contribution in [3.8, 4) is 0 Å². The minimum Gasteiger partial charge on any atom is -0.356 e.